The molecule has 0 spiro atoms. The Morgan fingerprint density at radius 2 is 1.74 bits per heavy atom. The summed E-state index contributed by atoms with van der Waals surface area (Å²) >= 11 is 7.57. The van der Waals surface area contributed by atoms with Crippen molar-refractivity contribution < 1.29 is 28.5 Å². The van der Waals surface area contributed by atoms with Crippen LogP contribution in [0.2, 0.25) is 5.02 Å². The summed E-state index contributed by atoms with van der Waals surface area (Å²) < 4.78 is 22.3. The third kappa shape index (κ3) is 5.23. The minimum atomic E-state index is -0.843. The monoisotopic (exact) mass is 514 g/mol. The first-order valence-electron chi connectivity index (χ1n) is 10.7. The van der Waals surface area contributed by atoms with Crippen LogP contribution in [0, 0.1) is 0 Å². The Bertz CT molecular complexity index is 1290. The van der Waals surface area contributed by atoms with Gasteiger partial charge in [-0.1, -0.05) is 47.2 Å². The summed E-state index contributed by atoms with van der Waals surface area (Å²) in [7, 11) is 3.02. The van der Waals surface area contributed by atoms with E-state index in [9.17, 15) is 9.90 Å². The molecule has 1 unspecified atom stereocenters. The van der Waals surface area contributed by atoms with Crippen molar-refractivity contribution in [1.29, 1.82) is 0 Å². The SMILES string of the molecule is CCOC(C(=O)c1ccc(-c2cc(OC)c(Cl)c(OC)c2)o1)c1ccc(-c2nnc(CO)s2)cc1. The van der Waals surface area contributed by atoms with Crippen molar-refractivity contribution in [3.05, 3.63) is 69.9 Å². The molecule has 1 N–H and O–H groups in total. The minimum Gasteiger partial charge on any atom is -0.495 e. The Hall–Kier alpha value is -3.24. The first kappa shape index (κ1) is 24.9. The third-order valence-electron chi connectivity index (χ3n) is 5.21. The molecule has 2 aromatic heterocycles. The third-order valence-corrected chi connectivity index (χ3v) is 6.54. The van der Waals surface area contributed by atoms with Gasteiger partial charge in [0.2, 0.25) is 5.78 Å². The standard InChI is InChI=1S/C25H23ClN2O6S/c1-4-33-24(14-5-7-15(8-6-14)25-28-27-21(13-29)35-25)23(30)18-10-9-17(34-18)16-11-19(31-2)22(26)20(12-16)32-3/h5-12,24,29H,4,13H2,1-3H3. The Morgan fingerprint density at radius 3 is 2.31 bits per heavy atom. The molecule has 182 valence electrons. The molecule has 4 aromatic rings. The van der Waals surface area contributed by atoms with E-state index in [1.165, 1.54) is 25.6 Å². The van der Waals surface area contributed by atoms with E-state index in [1.54, 1.807) is 24.3 Å². The summed E-state index contributed by atoms with van der Waals surface area (Å²) in [5.74, 6) is 1.17. The molecule has 2 heterocycles. The lowest BCUT2D eigenvalue weighted by Gasteiger charge is -2.15. The van der Waals surface area contributed by atoms with Crippen LogP contribution in [0.15, 0.2) is 52.9 Å². The topological polar surface area (TPSA) is 104 Å². The van der Waals surface area contributed by atoms with Crippen LogP contribution in [0.1, 0.15) is 34.2 Å². The average molecular weight is 515 g/mol. The number of rotatable bonds is 10. The zero-order valence-corrected chi connectivity index (χ0v) is 20.9. The first-order valence-corrected chi connectivity index (χ1v) is 11.9. The van der Waals surface area contributed by atoms with Gasteiger partial charge in [0.1, 0.15) is 38.4 Å². The van der Waals surface area contributed by atoms with Crippen molar-refractivity contribution in [2.24, 2.45) is 0 Å². The fourth-order valence-corrected chi connectivity index (χ4v) is 4.46. The Kier molecular flexibility index (Phi) is 7.82. The van der Waals surface area contributed by atoms with Crippen LogP contribution in [0.5, 0.6) is 11.5 Å². The number of ether oxygens (including phenoxy) is 3. The number of carbonyl (C=O) groups excluding carboxylic acids is 1. The zero-order chi connectivity index (χ0) is 24.9. The smallest absolute Gasteiger partial charge is 0.231 e. The van der Waals surface area contributed by atoms with E-state index in [1.807, 2.05) is 31.2 Å². The Labute approximate surface area is 211 Å². The van der Waals surface area contributed by atoms with Crippen LogP contribution in [-0.2, 0) is 11.3 Å². The van der Waals surface area contributed by atoms with Crippen molar-refractivity contribution >= 4 is 28.7 Å². The summed E-state index contributed by atoms with van der Waals surface area (Å²) in [4.78, 5) is 13.3. The highest BCUT2D eigenvalue weighted by Gasteiger charge is 2.26. The van der Waals surface area contributed by atoms with E-state index < -0.39 is 6.10 Å². The fraction of sp³-hybridized carbons (Fsp3) is 0.240. The van der Waals surface area contributed by atoms with Crippen molar-refractivity contribution in [1.82, 2.24) is 10.2 Å². The lowest BCUT2D eigenvalue weighted by Crippen LogP contribution is -2.16. The van der Waals surface area contributed by atoms with Gasteiger partial charge in [0.05, 0.1) is 20.8 Å². The maximum absolute atomic E-state index is 13.3. The highest BCUT2D eigenvalue weighted by molar-refractivity contribution is 7.14. The van der Waals surface area contributed by atoms with E-state index in [0.717, 1.165) is 5.56 Å². The second kappa shape index (κ2) is 11.0. The molecule has 10 heteroatoms. The number of nitrogens with zero attached hydrogens (tertiary/aromatic N) is 2. The number of furan rings is 1. The van der Waals surface area contributed by atoms with Gasteiger partial charge >= 0.3 is 0 Å². The van der Waals surface area contributed by atoms with Gasteiger partial charge in [-0.2, -0.15) is 0 Å². The predicted molar refractivity (Wildman–Crippen MR) is 132 cm³/mol. The van der Waals surface area contributed by atoms with Gasteiger partial charge in [0.25, 0.3) is 0 Å². The number of hydrogen-bond donors (Lipinski definition) is 1. The number of benzene rings is 2. The van der Waals surface area contributed by atoms with E-state index in [0.29, 0.717) is 50.0 Å². The second-order valence-corrected chi connectivity index (χ2v) is 8.78. The number of hydrogen-bond acceptors (Lipinski definition) is 9. The number of ketones is 1. The van der Waals surface area contributed by atoms with Crippen molar-refractivity contribution in [2.75, 3.05) is 20.8 Å². The number of carbonyl (C=O) groups is 1. The molecule has 0 aliphatic carbocycles. The highest BCUT2D eigenvalue weighted by Crippen LogP contribution is 2.39. The lowest BCUT2D eigenvalue weighted by atomic mass is 10.0. The number of aliphatic hydroxyl groups is 1. The normalized spacial score (nSPS) is 11.9. The van der Waals surface area contributed by atoms with Crippen LogP contribution in [0.3, 0.4) is 0 Å². The first-order chi connectivity index (χ1) is 17.0. The molecule has 1 atom stereocenters. The largest absolute Gasteiger partial charge is 0.495 e. The molecule has 0 saturated carbocycles. The maximum atomic E-state index is 13.3. The van der Waals surface area contributed by atoms with Gasteiger partial charge in [0.15, 0.2) is 5.76 Å². The lowest BCUT2D eigenvalue weighted by molar-refractivity contribution is 0.0429. The zero-order valence-electron chi connectivity index (χ0n) is 19.3. The molecule has 2 aromatic carbocycles. The van der Waals surface area contributed by atoms with Crippen LogP contribution < -0.4 is 9.47 Å². The maximum Gasteiger partial charge on any atom is 0.231 e. The number of methoxy groups -OCH3 is 2. The highest BCUT2D eigenvalue weighted by atomic mass is 35.5. The van der Waals surface area contributed by atoms with Gasteiger partial charge in [-0.15, -0.1) is 10.2 Å². The number of aromatic nitrogens is 2. The van der Waals surface area contributed by atoms with Crippen LogP contribution in [0.25, 0.3) is 21.9 Å². The summed E-state index contributed by atoms with van der Waals surface area (Å²) in [6.45, 7) is 2.01. The van der Waals surface area contributed by atoms with Crippen molar-refractivity contribution in [2.45, 2.75) is 19.6 Å². The van der Waals surface area contributed by atoms with E-state index >= 15 is 0 Å². The second-order valence-electron chi connectivity index (χ2n) is 7.34. The molecule has 0 saturated heterocycles. The molecule has 0 fully saturated rings. The molecule has 4 rings (SSSR count). The van der Waals surface area contributed by atoms with Crippen LogP contribution in [0.4, 0.5) is 0 Å². The molecule has 35 heavy (non-hydrogen) atoms. The molecular formula is C25H23ClN2O6S. The van der Waals surface area contributed by atoms with E-state index in [-0.39, 0.29) is 18.2 Å². The summed E-state index contributed by atoms with van der Waals surface area (Å²) in [6, 6.07) is 14.1. The molecule has 0 aliphatic heterocycles. The summed E-state index contributed by atoms with van der Waals surface area (Å²) in [6.07, 6.45) is -0.843. The van der Waals surface area contributed by atoms with Gasteiger partial charge in [-0.3, -0.25) is 4.79 Å². The van der Waals surface area contributed by atoms with Crippen LogP contribution in [-0.4, -0.2) is 41.9 Å². The number of halogens is 1. The predicted octanol–water partition coefficient (Wildman–Crippen LogP) is 5.59. The molecule has 0 bridgehead atoms. The van der Waals surface area contributed by atoms with Crippen LogP contribution >= 0.6 is 22.9 Å². The molecular weight excluding hydrogens is 492 g/mol. The van der Waals surface area contributed by atoms with E-state index in [2.05, 4.69) is 10.2 Å². The minimum absolute atomic E-state index is 0.155. The van der Waals surface area contributed by atoms with Gasteiger partial charge in [0, 0.05) is 17.7 Å². The summed E-state index contributed by atoms with van der Waals surface area (Å²) in [5.41, 5.74) is 2.17. The van der Waals surface area contributed by atoms with Crippen molar-refractivity contribution in [3.63, 3.8) is 0 Å². The molecule has 0 amide bonds. The van der Waals surface area contributed by atoms with Gasteiger partial charge in [-0.05, 0) is 36.8 Å². The molecule has 0 aliphatic rings. The Balaban J connectivity index is 1.60. The van der Waals surface area contributed by atoms with Gasteiger partial charge < -0.3 is 23.7 Å². The fourth-order valence-electron chi connectivity index (χ4n) is 3.49. The van der Waals surface area contributed by atoms with Gasteiger partial charge in [-0.25, -0.2) is 0 Å². The van der Waals surface area contributed by atoms with E-state index in [4.69, 9.17) is 30.2 Å². The molecule has 8 nitrogen and oxygen atoms in total. The number of Topliss-reactive ketones (excluding diaryl/α,β-unsaturated/α-hetero) is 1. The number of aliphatic hydroxyl groups excluding tert-OH is 1. The average Bonchev–Trinajstić information content (AvgIpc) is 3.57. The quantitative estimate of drug-likeness (QED) is 0.273. The van der Waals surface area contributed by atoms with Crippen molar-refractivity contribution in [3.8, 4) is 33.4 Å². The molecule has 0 radical (unpaired) electrons. The summed E-state index contributed by atoms with van der Waals surface area (Å²) in [5, 5.41) is 18.8. The Morgan fingerprint density at radius 1 is 1.06 bits per heavy atom.